The standard InChI is InChI=1S/C12H15ClFNO/c1-12(16)4-5-15(8-12)7-9-2-3-10(14)6-11(9)13/h2-3,6,16H,4-5,7-8H2,1H3. The van der Waals surface area contributed by atoms with E-state index in [1.54, 1.807) is 6.07 Å². The summed E-state index contributed by atoms with van der Waals surface area (Å²) in [6.45, 7) is 3.98. The third-order valence-corrected chi connectivity index (χ3v) is 3.29. The molecule has 0 saturated carbocycles. The molecule has 88 valence electrons. The summed E-state index contributed by atoms with van der Waals surface area (Å²) in [6, 6.07) is 4.44. The van der Waals surface area contributed by atoms with E-state index < -0.39 is 5.60 Å². The highest BCUT2D eigenvalue weighted by Crippen LogP contribution is 2.25. The minimum Gasteiger partial charge on any atom is -0.389 e. The second-order valence-corrected chi connectivity index (χ2v) is 5.10. The van der Waals surface area contributed by atoms with Crippen LogP contribution < -0.4 is 0 Å². The summed E-state index contributed by atoms with van der Waals surface area (Å²) in [5, 5.41) is 10.3. The molecule has 0 radical (unpaired) electrons. The highest BCUT2D eigenvalue weighted by molar-refractivity contribution is 6.31. The maximum atomic E-state index is 12.8. The van der Waals surface area contributed by atoms with E-state index in [4.69, 9.17) is 11.6 Å². The summed E-state index contributed by atoms with van der Waals surface area (Å²) in [7, 11) is 0. The van der Waals surface area contributed by atoms with Crippen LogP contribution in [0.5, 0.6) is 0 Å². The Hall–Kier alpha value is -0.640. The average molecular weight is 244 g/mol. The minimum atomic E-state index is -0.605. The van der Waals surface area contributed by atoms with Gasteiger partial charge in [-0.3, -0.25) is 4.90 Å². The normalized spacial score (nSPS) is 26.2. The van der Waals surface area contributed by atoms with Gasteiger partial charge in [0.1, 0.15) is 5.82 Å². The molecule has 2 nitrogen and oxygen atoms in total. The predicted octanol–water partition coefficient (Wildman–Crippen LogP) is 2.44. The van der Waals surface area contributed by atoms with Crippen molar-refractivity contribution in [1.82, 2.24) is 4.90 Å². The number of likely N-dealkylation sites (tertiary alicyclic amines) is 1. The first kappa shape index (κ1) is 11.8. The fourth-order valence-electron chi connectivity index (χ4n) is 2.06. The zero-order valence-corrected chi connectivity index (χ0v) is 9.97. The highest BCUT2D eigenvalue weighted by atomic mass is 35.5. The molecule has 1 aromatic rings. The van der Waals surface area contributed by atoms with Crippen molar-refractivity contribution in [2.75, 3.05) is 13.1 Å². The van der Waals surface area contributed by atoms with Crippen LogP contribution in [0.1, 0.15) is 18.9 Å². The molecule has 1 aliphatic heterocycles. The van der Waals surface area contributed by atoms with E-state index in [2.05, 4.69) is 4.90 Å². The lowest BCUT2D eigenvalue weighted by Gasteiger charge is -2.19. The Kier molecular flexibility index (Phi) is 3.19. The maximum absolute atomic E-state index is 12.8. The monoisotopic (exact) mass is 243 g/mol. The van der Waals surface area contributed by atoms with Gasteiger partial charge in [0.05, 0.1) is 5.60 Å². The van der Waals surface area contributed by atoms with E-state index >= 15 is 0 Å². The van der Waals surface area contributed by atoms with Crippen LogP contribution in [0.2, 0.25) is 5.02 Å². The molecule has 0 bridgehead atoms. The first-order valence-electron chi connectivity index (χ1n) is 5.35. The lowest BCUT2D eigenvalue weighted by atomic mass is 10.1. The summed E-state index contributed by atoms with van der Waals surface area (Å²) >= 11 is 5.95. The first-order chi connectivity index (χ1) is 7.46. The van der Waals surface area contributed by atoms with Crippen LogP contribution in [0.3, 0.4) is 0 Å². The smallest absolute Gasteiger partial charge is 0.124 e. The molecule has 0 aromatic heterocycles. The van der Waals surface area contributed by atoms with Gasteiger partial charge in [-0.25, -0.2) is 4.39 Å². The lowest BCUT2D eigenvalue weighted by Crippen LogP contribution is -2.29. The van der Waals surface area contributed by atoms with Gasteiger partial charge in [-0.2, -0.15) is 0 Å². The van der Waals surface area contributed by atoms with Crippen LogP contribution in [-0.4, -0.2) is 28.7 Å². The fourth-order valence-corrected chi connectivity index (χ4v) is 2.29. The molecule has 0 amide bonds. The van der Waals surface area contributed by atoms with E-state index in [9.17, 15) is 9.50 Å². The number of hydrogen-bond donors (Lipinski definition) is 1. The summed E-state index contributed by atoms with van der Waals surface area (Å²) in [4.78, 5) is 2.12. The molecule has 0 spiro atoms. The largest absolute Gasteiger partial charge is 0.389 e. The van der Waals surface area contributed by atoms with Gasteiger partial charge in [-0.15, -0.1) is 0 Å². The number of benzene rings is 1. The number of β-amino-alcohol motifs (C(OH)–C–C–N with tert-alkyl or cyclic N) is 1. The number of nitrogens with zero attached hydrogens (tertiary/aromatic N) is 1. The third-order valence-electron chi connectivity index (χ3n) is 2.94. The van der Waals surface area contributed by atoms with E-state index in [-0.39, 0.29) is 5.82 Å². The second kappa shape index (κ2) is 4.32. The van der Waals surface area contributed by atoms with Crippen molar-refractivity contribution in [3.63, 3.8) is 0 Å². The van der Waals surface area contributed by atoms with Crippen molar-refractivity contribution in [3.05, 3.63) is 34.6 Å². The molecule has 4 heteroatoms. The quantitative estimate of drug-likeness (QED) is 0.863. The van der Waals surface area contributed by atoms with Gasteiger partial charge in [-0.1, -0.05) is 17.7 Å². The van der Waals surface area contributed by atoms with Crippen molar-refractivity contribution in [2.24, 2.45) is 0 Å². The Bertz CT molecular complexity index is 395. The van der Waals surface area contributed by atoms with Crippen LogP contribution in [0.25, 0.3) is 0 Å². The Morgan fingerprint density at radius 1 is 1.56 bits per heavy atom. The zero-order valence-electron chi connectivity index (χ0n) is 9.21. The van der Waals surface area contributed by atoms with Gasteiger partial charge in [0.2, 0.25) is 0 Å². The molecular formula is C12H15ClFNO. The van der Waals surface area contributed by atoms with Crippen molar-refractivity contribution in [3.8, 4) is 0 Å². The molecule has 1 heterocycles. The molecule has 2 rings (SSSR count). The second-order valence-electron chi connectivity index (χ2n) is 4.69. The number of halogens is 2. The van der Waals surface area contributed by atoms with Crippen LogP contribution in [0.4, 0.5) is 4.39 Å². The Morgan fingerprint density at radius 2 is 2.31 bits per heavy atom. The summed E-state index contributed by atoms with van der Waals surface area (Å²) < 4.78 is 12.8. The molecule has 1 saturated heterocycles. The topological polar surface area (TPSA) is 23.5 Å². The van der Waals surface area contributed by atoms with Gasteiger partial charge in [0.25, 0.3) is 0 Å². The Labute approximate surface area is 99.6 Å². The lowest BCUT2D eigenvalue weighted by molar-refractivity contribution is 0.0679. The molecule has 1 atom stereocenters. The number of aliphatic hydroxyl groups is 1. The fraction of sp³-hybridized carbons (Fsp3) is 0.500. The number of rotatable bonds is 2. The predicted molar refractivity (Wildman–Crippen MR) is 61.9 cm³/mol. The molecule has 1 aromatic carbocycles. The Balaban J connectivity index is 2.05. The van der Waals surface area contributed by atoms with Crippen LogP contribution in [-0.2, 0) is 6.54 Å². The molecule has 1 fully saturated rings. The van der Waals surface area contributed by atoms with Crippen LogP contribution >= 0.6 is 11.6 Å². The molecule has 1 aliphatic rings. The minimum absolute atomic E-state index is 0.317. The van der Waals surface area contributed by atoms with Gasteiger partial charge >= 0.3 is 0 Å². The molecular weight excluding hydrogens is 229 g/mol. The first-order valence-corrected chi connectivity index (χ1v) is 5.73. The molecule has 1 N–H and O–H groups in total. The van der Waals surface area contributed by atoms with Gasteiger partial charge in [0, 0.05) is 24.7 Å². The third kappa shape index (κ3) is 2.73. The Morgan fingerprint density at radius 3 is 2.88 bits per heavy atom. The molecule has 16 heavy (non-hydrogen) atoms. The molecule has 0 aliphatic carbocycles. The SMILES string of the molecule is CC1(O)CCN(Cc2ccc(F)cc2Cl)C1. The van der Waals surface area contributed by atoms with Crippen molar-refractivity contribution < 1.29 is 9.50 Å². The highest BCUT2D eigenvalue weighted by Gasteiger charge is 2.31. The summed E-state index contributed by atoms with van der Waals surface area (Å²) in [6.07, 6.45) is 0.770. The van der Waals surface area contributed by atoms with Crippen LogP contribution in [0, 0.1) is 5.82 Å². The molecule has 1 unspecified atom stereocenters. The van der Waals surface area contributed by atoms with E-state index in [0.29, 0.717) is 18.1 Å². The average Bonchev–Trinajstić information content (AvgIpc) is 2.51. The van der Waals surface area contributed by atoms with Gasteiger partial charge < -0.3 is 5.11 Å². The van der Waals surface area contributed by atoms with Crippen molar-refractivity contribution in [2.45, 2.75) is 25.5 Å². The van der Waals surface area contributed by atoms with Gasteiger partial charge in [0.15, 0.2) is 0 Å². The number of hydrogen-bond acceptors (Lipinski definition) is 2. The van der Waals surface area contributed by atoms with Gasteiger partial charge in [-0.05, 0) is 31.0 Å². The summed E-state index contributed by atoms with van der Waals surface area (Å²) in [5.74, 6) is -0.317. The van der Waals surface area contributed by atoms with Crippen molar-refractivity contribution >= 4 is 11.6 Å². The summed E-state index contributed by atoms with van der Waals surface area (Å²) in [5.41, 5.74) is 0.299. The van der Waals surface area contributed by atoms with Crippen molar-refractivity contribution in [1.29, 1.82) is 0 Å². The maximum Gasteiger partial charge on any atom is 0.124 e. The van der Waals surface area contributed by atoms with E-state index in [1.165, 1.54) is 12.1 Å². The zero-order chi connectivity index (χ0) is 11.8. The van der Waals surface area contributed by atoms with E-state index in [1.807, 2.05) is 6.92 Å². The van der Waals surface area contributed by atoms with Crippen LogP contribution in [0.15, 0.2) is 18.2 Å². The van der Waals surface area contributed by atoms with E-state index in [0.717, 1.165) is 18.5 Å².